The topological polar surface area (TPSA) is 47.3 Å². The maximum Gasteiger partial charge on any atom is 0.119 e. The predicted molar refractivity (Wildman–Crippen MR) is 88.7 cm³/mol. The minimum atomic E-state index is 0.653. The third kappa shape index (κ3) is 9.12. The summed E-state index contributed by atoms with van der Waals surface area (Å²) in [6, 6.07) is 7.99. The van der Waals surface area contributed by atoms with Crippen molar-refractivity contribution in [3.8, 4) is 17.6 Å². The van der Waals surface area contributed by atoms with Gasteiger partial charge in [0.15, 0.2) is 0 Å². The van der Waals surface area contributed by atoms with E-state index in [2.05, 4.69) is 24.2 Å². The summed E-state index contributed by atoms with van der Waals surface area (Å²) in [7, 11) is 0. The molecule has 1 aromatic carbocycles. The van der Waals surface area contributed by atoms with Crippen LogP contribution in [0.5, 0.6) is 5.75 Å². The fourth-order valence-electron chi connectivity index (χ4n) is 2.03. The molecule has 0 amide bonds. The van der Waals surface area contributed by atoms with E-state index >= 15 is 0 Å². The molecule has 1 aromatic rings. The van der Waals surface area contributed by atoms with E-state index in [9.17, 15) is 0 Å². The second kappa shape index (κ2) is 12.3. The Balaban J connectivity index is 2.08. The summed E-state index contributed by atoms with van der Waals surface area (Å²) in [6.45, 7) is 3.60. The highest BCUT2D eigenvalue weighted by Gasteiger charge is 1.96. The number of nitrogens with one attached hydrogen (secondary N) is 1. The van der Waals surface area contributed by atoms with Crippen molar-refractivity contribution in [2.75, 3.05) is 6.61 Å². The third-order valence-electron chi connectivity index (χ3n) is 3.20. The lowest BCUT2D eigenvalue weighted by Gasteiger charge is -2.06. The molecular weight excluding hydrogens is 260 g/mol. The number of benzene rings is 1. The maximum absolute atomic E-state index is 5.72. The Labute approximate surface area is 129 Å². The van der Waals surface area contributed by atoms with Crippen molar-refractivity contribution in [2.24, 2.45) is 5.84 Å². The minimum Gasteiger partial charge on any atom is -0.494 e. The first kappa shape index (κ1) is 17.6. The molecule has 0 bridgehead atoms. The minimum absolute atomic E-state index is 0.653. The summed E-state index contributed by atoms with van der Waals surface area (Å²) >= 11 is 0. The SMILES string of the molecule is CCCCCCC#CCCCOc1cccc(CNN)c1. The molecule has 0 atom stereocenters. The van der Waals surface area contributed by atoms with Gasteiger partial charge in [0.2, 0.25) is 0 Å². The Hall–Kier alpha value is -1.50. The van der Waals surface area contributed by atoms with E-state index < -0.39 is 0 Å². The van der Waals surface area contributed by atoms with Crippen LogP contribution in [0.1, 0.15) is 57.4 Å². The Morgan fingerprint density at radius 2 is 1.90 bits per heavy atom. The number of hydrogen-bond acceptors (Lipinski definition) is 3. The van der Waals surface area contributed by atoms with Crippen LogP contribution < -0.4 is 16.0 Å². The molecule has 0 radical (unpaired) electrons. The fraction of sp³-hybridized carbons (Fsp3) is 0.556. The van der Waals surface area contributed by atoms with Crippen LogP contribution in [0.25, 0.3) is 0 Å². The Bertz CT molecular complexity index is 434. The molecule has 0 aromatic heterocycles. The molecule has 116 valence electrons. The van der Waals surface area contributed by atoms with Crippen molar-refractivity contribution in [3.63, 3.8) is 0 Å². The summed E-state index contributed by atoms with van der Waals surface area (Å²) in [5.74, 6) is 12.7. The van der Waals surface area contributed by atoms with Crippen LogP contribution in [0.15, 0.2) is 24.3 Å². The van der Waals surface area contributed by atoms with Gasteiger partial charge in [-0.2, -0.15) is 0 Å². The fourth-order valence-corrected chi connectivity index (χ4v) is 2.03. The van der Waals surface area contributed by atoms with Crippen molar-refractivity contribution in [1.29, 1.82) is 0 Å². The summed E-state index contributed by atoms with van der Waals surface area (Å²) < 4.78 is 5.72. The number of nitrogens with two attached hydrogens (primary N) is 1. The van der Waals surface area contributed by atoms with Gasteiger partial charge in [0.25, 0.3) is 0 Å². The zero-order valence-corrected chi connectivity index (χ0v) is 13.2. The molecule has 0 aliphatic carbocycles. The van der Waals surface area contributed by atoms with Crippen LogP contribution in [-0.2, 0) is 6.54 Å². The maximum atomic E-state index is 5.72. The van der Waals surface area contributed by atoms with Crippen molar-refractivity contribution >= 4 is 0 Å². The van der Waals surface area contributed by atoms with Crippen molar-refractivity contribution in [2.45, 2.75) is 58.4 Å². The molecule has 0 heterocycles. The van der Waals surface area contributed by atoms with E-state index in [0.29, 0.717) is 13.2 Å². The third-order valence-corrected chi connectivity index (χ3v) is 3.20. The lowest BCUT2D eigenvalue weighted by atomic mass is 10.1. The summed E-state index contributed by atoms with van der Waals surface area (Å²) in [6.07, 6.45) is 8.08. The molecule has 3 heteroatoms. The van der Waals surface area contributed by atoms with Crippen LogP contribution >= 0.6 is 0 Å². The van der Waals surface area contributed by atoms with E-state index in [4.69, 9.17) is 10.6 Å². The smallest absolute Gasteiger partial charge is 0.119 e. The largest absolute Gasteiger partial charge is 0.494 e. The van der Waals surface area contributed by atoms with Crippen LogP contribution in [-0.4, -0.2) is 6.61 Å². The van der Waals surface area contributed by atoms with Gasteiger partial charge in [-0.25, -0.2) is 0 Å². The second-order valence-electron chi connectivity index (χ2n) is 5.14. The molecule has 0 aliphatic heterocycles. The number of hydrazine groups is 1. The standard InChI is InChI=1S/C18H28N2O/c1-2-3-4-5-6-7-8-9-10-14-21-18-13-11-12-17(15-18)16-20-19/h11-13,15,20H,2-6,9-10,14,16,19H2,1H3. The van der Waals surface area contributed by atoms with Crippen LogP contribution in [0.3, 0.4) is 0 Å². The summed E-state index contributed by atoms with van der Waals surface area (Å²) in [5.41, 5.74) is 3.77. The molecule has 0 aliphatic rings. The van der Waals surface area contributed by atoms with E-state index in [1.807, 2.05) is 24.3 Å². The first-order valence-electron chi connectivity index (χ1n) is 7.97. The lowest BCUT2D eigenvalue weighted by molar-refractivity contribution is 0.312. The molecule has 3 N–H and O–H groups in total. The monoisotopic (exact) mass is 288 g/mol. The van der Waals surface area contributed by atoms with Crippen LogP contribution in [0.4, 0.5) is 0 Å². The highest BCUT2D eigenvalue weighted by Crippen LogP contribution is 2.13. The van der Waals surface area contributed by atoms with Gasteiger partial charge in [-0.15, -0.1) is 11.8 Å². The van der Waals surface area contributed by atoms with Crippen molar-refractivity contribution in [1.82, 2.24) is 5.43 Å². The van der Waals surface area contributed by atoms with Gasteiger partial charge >= 0.3 is 0 Å². The van der Waals surface area contributed by atoms with Gasteiger partial charge in [0, 0.05) is 19.4 Å². The first-order valence-corrected chi connectivity index (χ1v) is 7.97. The van der Waals surface area contributed by atoms with E-state index in [1.165, 1.54) is 25.7 Å². The van der Waals surface area contributed by atoms with E-state index in [-0.39, 0.29) is 0 Å². The Morgan fingerprint density at radius 1 is 1.10 bits per heavy atom. The molecule has 0 saturated heterocycles. The lowest BCUT2D eigenvalue weighted by Crippen LogP contribution is -2.20. The highest BCUT2D eigenvalue weighted by atomic mass is 16.5. The molecule has 0 unspecified atom stereocenters. The van der Waals surface area contributed by atoms with E-state index in [0.717, 1.165) is 30.6 Å². The Morgan fingerprint density at radius 3 is 2.67 bits per heavy atom. The van der Waals surface area contributed by atoms with Gasteiger partial charge in [-0.05, 0) is 30.5 Å². The zero-order valence-electron chi connectivity index (χ0n) is 13.2. The molecule has 1 rings (SSSR count). The van der Waals surface area contributed by atoms with Gasteiger partial charge in [-0.1, -0.05) is 38.3 Å². The van der Waals surface area contributed by atoms with E-state index in [1.54, 1.807) is 0 Å². The second-order valence-corrected chi connectivity index (χ2v) is 5.14. The number of hydrogen-bond donors (Lipinski definition) is 2. The molecule has 0 spiro atoms. The number of ether oxygens (including phenoxy) is 1. The average molecular weight is 288 g/mol. The van der Waals surface area contributed by atoms with Gasteiger partial charge < -0.3 is 4.74 Å². The number of rotatable bonds is 10. The summed E-state index contributed by atoms with van der Waals surface area (Å²) in [4.78, 5) is 0. The normalized spacial score (nSPS) is 10.0. The molecule has 0 fully saturated rings. The molecule has 21 heavy (non-hydrogen) atoms. The predicted octanol–water partition coefficient (Wildman–Crippen LogP) is 3.78. The first-order chi connectivity index (χ1) is 10.4. The van der Waals surface area contributed by atoms with Crippen LogP contribution in [0, 0.1) is 11.8 Å². The molecular formula is C18H28N2O. The van der Waals surface area contributed by atoms with Crippen LogP contribution in [0.2, 0.25) is 0 Å². The molecule has 0 saturated carbocycles. The zero-order chi connectivity index (χ0) is 15.2. The Kier molecular flexibility index (Phi) is 10.2. The van der Waals surface area contributed by atoms with Crippen molar-refractivity contribution < 1.29 is 4.74 Å². The quantitative estimate of drug-likeness (QED) is 0.298. The van der Waals surface area contributed by atoms with Gasteiger partial charge in [0.05, 0.1) is 6.61 Å². The average Bonchev–Trinajstić information content (AvgIpc) is 2.50. The van der Waals surface area contributed by atoms with Crippen molar-refractivity contribution in [3.05, 3.63) is 29.8 Å². The number of unbranched alkanes of at least 4 members (excludes halogenated alkanes) is 5. The summed E-state index contributed by atoms with van der Waals surface area (Å²) in [5, 5.41) is 0. The highest BCUT2D eigenvalue weighted by molar-refractivity contribution is 5.28. The van der Waals surface area contributed by atoms with Gasteiger partial charge in [-0.3, -0.25) is 11.3 Å². The van der Waals surface area contributed by atoms with Gasteiger partial charge in [0.1, 0.15) is 5.75 Å². The molecule has 3 nitrogen and oxygen atoms in total.